The molecule has 0 amide bonds. The van der Waals surface area contributed by atoms with Crippen molar-refractivity contribution in [2.75, 3.05) is 26.6 Å². The van der Waals surface area contributed by atoms with Crippen molar-refractivity contribution < 1.29 is 14.2 Å². The molecule has 0 fully saturated rings. The minimum Gasteiger partial charge on any atom is -0.495 e. The zero-order valence-corrected chi connectivity index (χ0v) is 12.2. The van der Waals surface area contributed by atoms with Crippen LogP contribution in [-0.4, -0.2) is 33.7 Å². The second kappa shape index (κ2) is 6.83. The predicted octanol–water partition coefficient (Wildman–Crippen LogP) is 3.08. The van der Waals surface area contributed by atoms with Crippen LogP contribution in [-0.2, 0) is 9.47 Å². The van der Waals surface area contributed by atoms with Crippen molar-refractivity contribution in [3.63, 3.8) is 0 Å². The molecule has 0 aliphatic heterocycles. The molecule has 1 aromatic rings. The van der Waals surface area contributed by atoms with Gasteiger partial charge in [0.2, 0.25) is 0 Å². The van der Waals surface area contributed by atoms with Crippen LogP contribution < -0.4 is 10.1 Å². The second-order valence-electron chi connectivity index (χ2n) is 4.07. The van der Waals surface area contributed by atoms with Gasteiger partial charge in [0, 0.05) is 25.3 Å². The lowest BCUT2D eigenvalue weighted by molar-refractivity contribution is -0.109. The van der Waals surface area contributed by atoms with Gasteiger partial charge in [0.15, 0.2) is 6.29 Å². The molecule has 0 aromatic heterocycles. The molecule has 1 rings (SSSR count). The van der Waals surface area contributed by atoms with Gasteiger partial charge in [-0.25, -0.2) is 0 Å². The third kappa shape index (κ3) is 3.51. The van der Waals surface area contributed by atoms with Crippen molar-refractivity contribution in [2.45, 2.75) is 26.2 Å². The summed E-state index contributed by atoms with van der Waals surface area (Å²) in [5, 5.41) is 3.98. The Morgan fingerprint density at radius 1 is 1.17 bits per heavy atom. The Labute approximate surface area is 113 Å². The lowest BCUT2D eigenvalue weighted by Crippen LogP contribution is -2.33. The van der Waals surface area contributed by atoms with Crippen molar-refractivity contribution >= 4 is 17.3 Å². The summed E-state index contributed by atoms with van der Waals surface area (Å²) < 4.78 is 15.7. The lowest BCUT2D eigenvalue weighted by atomic mass is 10.2. The van der Waals surface area contributed by atoms with E-state index in [1.54, 1.807) is 27.4 Å². The monoisotopic (exact) mass is 273 g/mol. The van der Waals surface area contributed by atoms with Gasteiger partial charge in [-0.3, -0.25) is 0 Å². The largest absolute Gasteiger partial charge is 0.495 e. The topological polar surface area (TPSA) is 39.7 Å². The van der Waals surface area contributed by atoms with Gasteiger partial charge in [-0.1, -0.05) is 11.6 Å². The van der Waals surface area contributed by atoms with Gasteiger partial charge >= 0.3 is 0 Å². The van der Waals surface area contributed by atoms with Crippen LogP contribution in [0.15, 0.2) is 12.1 Å². The highest BCUT2D eigenvalue weighted by Crippen LogP contribution is 2.31. The van der Waals surface area contributed by atoms with Gasteiger partial charge in [-0.15, -0.1) is 0 Å². The summed E-state index contributed by atoms with van der Waals surface area (Å²) in [7, 11) is 4.83. The smallest absolute Gasteiger partial charge is 0.176 e. The van der Waals surface area contributed by atoms with Gasteiger partial charge in [0.1, 0.15) is 5.75 Å². The van der Waals surface area contributed by atoms with Crippen molar-refractivity contribution in [1.29, 1.82) is 0 Å². The lowest BCUT2D eigenvalue weighted by Gasteiger charge is -2.24. The van der Waals surface area contributed by atoms with Gasteiger partial charge in [-0.2, -0.15) is 0 Å². The number of methoxy groups -OCH3 is 3. The summed E-state index contributed by atoms with van der Waals surface area (Å²) in [5.41, 5.74) is 1.85. The Morgan fingerprint density at radius 3 is 2.28 bits per heavy atom. The first kappa shape index (κ1) is 15.1. The number of hydrogen-bond acceptors (Lipinski definition) is 4. The minimum atomic E-state index is -0.328. The fourth-order valence-corrected chi connectivity index (χ4v) is 1.92. The van der Waals surface area contributed by atoms with Gasteiger partial charge in [0.05, 0.1) is 18.8 Å². The fraction of sp³-hybridized carbons (Fsp3) is 0.538. The Bertz CT molecular complexity index is 394. The number of rotatable bonds is 6. The molecule has 0 aliphatic carbocycles. The highest BCUT2D eigenvalue weighted by molar-refractivity contribution is 6.31. The summed E-state index contributed by atoms with van der Waals surface area (Å²) in [5.74, 6) is 0.698. The Morgan fingerprint density at radius 2 is 1.78 bits per heavy atom. The molecule has 0 radical (unpaired) electrons. The Hall–Kier alpha value is -0.970. The minimum absolute atomic E-state index is 0.0190. The van der Waals surface area contributed by atoms with E-state index in [2.05, 4.69) is 5.32 Å². The second-order valence-corrected chi connectivity index (χ2v) is 4.48. The van der Waals surface area contributed by atoms with Crippen LogP contribution in [0, 0.1) is 6.92 Å². The molecule has 102 valence electrons. The first-order chi connectivity index (χ1) is 8.53. The highest BCUT2D eigenvalue weighted by atomic mass is 35.5. The zero-order chi connectivity index (χ0) is 13.7. The van der Waals surface area contributed by atoms with Crippen LogP contribution in [0.2, 0.25) is 5.02 Å². The standard InChI is InChI=1S/C13H20ClNO3/c1-8-6-11(12(16-3)7-10(8)14)15-9(2)13(17-4)18-5/h6-7,9,13,15H,1-5H3. The van der Waals surface area contributed by atoms with E-state index in [0.717, 1.165) is 11.3 Å². The number of ether oxygens (including phenoxy) is 3. The molecule has 0 saturated carbocycles. The highest BCUT2D eigenvalue weighted by Gasteiger charge is 2.17. The molecule has 0 bridgehead atoms. The fourth-order valence-electron chi connectivity index (χ4n) is 1.76. The first-order valence-electron chi connectivity index (χ1n) is 5.69. The molecule has 4 nitrogen and oxygen atoms in total. The predicted molar refractivity (Wildman–Crippen MR) is 73.6 cm³/mol. The molecule has 18 heavy (non-hydrogen) atoms. The quantitative estimate of drug-likeness (QED) is 0.809. The van der Waals surface area contributed by atoms with Gasteiger partial charge in [-0.05, 0) is 25.5 Å². The van der Waals surface area contributed by atoms with E-state index < -0.39 is 0 Å². The molecule has 0 saturated heterocycles. The van der Waals surface area contributed by atoms with E-state index >= 15 is 0 Å². The molecule has 1 N–H and O–H groups in total. The van der Waals surface area contributed by atoms with E-state index in [4.69, 9.17) is 25.8 Å². The van der Waals surface area contributed by atoms with E-state index in [1.807, 2.05) is 19.9 Å². The molecule has 1 aromatic carbocycles. The summed E-state index contributed by atoms with van der Waals surface area (Å²) in [6.45, 7) is 3.92. The van der Waals surface area contributed by atoms with Crippen LogP contribution in [0.25, 0.3) is 0 Å². The third-order valence-corrected chi connectivity index (χ3v) is 3.14. The normalized spacial score (nSPS) is 12.6. The van der Waals surface area contributed by atoms with Crippen LogP contribution in [0.4, 0.5) is 5.69 Å². The maximum Gasteiger partial charge on any atom is 0.176 e. The zero-order valence-electron chi connectivity index (χ0n) is 11.4. The van der Waals surface area contributed by atoms with Crippen molar-refractivity contribution in [2.24, 2.45) is 0 Å². The third-order valence-electron chi connectivity index (χ3n) is 2.74. The molecule has 5 heteroatoms. The molecule has 0 spiro atoms. The maximum absolute atomic E-state index is 6.06. The van der Waals surface area contributed by atoms with Crippen LogP contribution in [0.5, 0.6) is 5.75 Å². The van der Waals surface area contributed by atoms with Gasteiger partial charge < -0.3 is 19.5 Å². The summed E-state index contributed by atoms with van der Waals surface area (Å²) in [4.78, 5) is 0. The molecular weight excluding hydrogens is 254 g/mol. The van der Waals surface area contributed by atoms with Gasteiger partial charge in [0.25, 0.3) is 0 Å². The number of benzene rings is 1. The van der Waals surface area contributed by atoms with E-state index in [9.17, 15) is 0 Å². The first-order valence-corrected chi connectivity index (χ1v) is 6.07. The number of halogens is 1. The Kier molecular flexibility index (Phi) is 5.72. The van der Waals surface area contributed by atoms with E-state index in [0.29, 0.717) is 10.8 Å². The molecule has 0 aliphatic rings. The van der Waals surface area contributed by atoms with E-state index in [-0.39, 0.29) is 12.3 Å². The molecular formula is C13H20ClNO3. The van der Waals surface area contributed by atoms with E-state index in [1.165, 1.54) is 0 Å². The van der Waals surface area contributed by atoms with Crippen molar-refractivity contribution in [3.8, 4) is 5.75 Å². The van der Waals surface area contributed by atoms with Crippen molar-refractivity contribution in [3.05, 3.63) is 22.7 Å². The average Bonchev–Trinajstić information content (AvgIpc) is 2.35. The number of aryl methyl sites for hydroxylation is 1. The summed E-state index contributed by atoms with van der Waals surface area (Å²) in [6, 6.07) is 3.72. The van der Waals surface area contributed by atoms with Crippen LogP contribution in [0.1, 0.15) is 12.5 Å². The van der Waals surface area contributed by atoms with Crippen molar-refractivity contribution in [1.82, 2.24) is 0 Å². The molecule has 1 unspecified atom stereocenters. The molecule has 1 atom stereocenters. The SMILES string of the molecule is COc1cc(Cl)c(C)cc1NC(C)C(OC)OC. The maximum atomic E-state index is 6.06. The number of anilines is 1. The van der Waals surface area contributed by atoms with Crippen LogP contribution >= 0.6 is 11.6 Å². The number of nitrogens with one attached hydrogen (secondary N) is 1. The Balaban J connectivity index is 2.92. The molecule has 0 heterocycles. The summed E-state index contributed by atoms with van der Waals surface area (Å²) >= 11 is 6.06. The summed E-state index contributed by atoms with van der Waals surface area (Å²) in [6.07, 6.45) is -0.328. The number of hydrogen-bond donors (Lipinski definition) is 1. The van der Waals surface area contributed by atoms with Crippen LogP contribution in [0.3, 0.4) is 0 Å². The average molecular weight is 274 g/mol.